The summed E-state index contributed by atoms with van der Waals surface area (Å²) >= 11 is 0. The Morgan fingerprint density at radius 2 is 0.878 bits per heavy atom. The first-order chi connectivity index (χ1) is 35.2. The van der Waals surface area contributed by atoms with Gasteiger partial charge in [0.25, 0.3) is 6.71 Å². The lowest BCUT2D eigenvalue weighted by Crippen LogP contribution is -2.62. The molecule has 0 fully saturated rings. The summed E-state index contributed by atoms with van der Waals surface area (Å²) in [6.07, 6.45) is 4.70. The molecular formula is C70H72BN3. The van der Waals surface area contributed by atoms with Gasteiger partial charge in [-0.1, -0.05) is 154 Å². The summed E-state index contributed by atoms with van der Waals surface area (Å²) in [4.78, 5) is 7.85. The Bertz CT molecular complexity index is 3630. The van der Waals surface area contributed by atoms with Crippen LogP contribution in [0.4, 0.5) is 51.2 Å². The van der Waals surface area contributed by atoms with E-state index in [1.54, 1.807) is 0 Å². The van der Waals surface area contributed by atoms with Gasteiger partial charge < -0.3 is 14.7 Å². The quantitative estimate of drug-likeness (QED) is 0.159. The first-order valence-corrected chi connectivity index (χ1v) is 27.5. The van der Waals surface area contributed by atoms with Crippen LogP contribution in [0.5, 0.6) is 0 Å². The molecule has 0 spiro atoms. The van der Waals surface area contributed by atoms with Crippen molar-refractivity contribution in [1.82, 2.24) is 0 Å². The van der Waals surface area contributed by atoms with Crippen LogP contribution in [0.25, 0.3) is 11.1 Å². The molecule has 0 amide bonds. The predicted octanol–water partition coefficient (Wildman–Crippen LogP) is 17.2. The highest BCUT2D eigenvalue weighted by Gasteiger charge is 2.48. The lowest BCUT2D eigenvalue weighted by Gasteiger charge is -2.48. The first kappa shape index (κ1) is 47.0. The van der Waals surface area contributed by atoms with Crippen LogP contribution >= 0.6 is 0 Å². The van der Waals surface area contributed by atoms with Crippen molar-refractivity contribution < 1.29 is 0 Å². The predicted molar refractivity (Wildman–Crippen MR) is 317 cm³/mol. The van der Waals surface area contributed by atoms with E-state index in [0.29, 0.717) is 0 Å². The number of hydrogen-bond acceptors (Lipinski definition) is 3. The van der Waals surface area contributed by atoms with Crippen LogP contribution in [0.3, 0.4) is 0 Å². The third kappa shape index (κ3) is 6.78. The van der Waals surface area contributed by atoms with Crippen molar-refractivity contribution in [2.24, 2.45) is 0 Å². The van der Waals surface area contributed by atoms with E-state index in [1.807, 2.05) is 0 Å². The Hall–Kier alpha value is -6.78. The van der Waals surface area contributed by atoms with Gasteiger partial charge in [0.2, 0.25) is 0 Å². The number of para-hydroxylation sites is 2. The highest BCUT2D eigenvalue weighted by Crippen LogP contribution is 2.55. The molecule has 3 aliphatic carbocycles. The van der Waals surface area contributed by atoms with Crippen molar-refractivity contribution in [3.05, 3.63) is 202 Å². The molecule has 0 saturated carbocycles. The van der Waals surface area contributed by atoms with Crippen LogP contribution in [0.1, 0.15) is 145 Å². The van der Waals surface area contributed by atoms with Gasteiger partial charge in [-0.3, -0.25) is 0 Å². The molecule has 0 N–H and O–H groups in total. The second-order valence-electron chi connectivity index (χ2n) is 26.1. The summed E-state index contributed by atoms with van der Waals surface area (Å²) in [5.74, 6) is 0. The van der Waals surface area contributed by atoms with Crippen LogP contribution in [0, 0.1) is 20.8 Å². The lowest BCUT2D eigenvalue weighted by atomic mass is 9.33. The molecule has 3 nitrogen and oxygen atoms in total. The van der Waals surface area contributed by atoms with Gasteiger partial charge in [0.1, 0.15) is 0 Å². The number of anilines is 9. The maximum atomic E-state index is 2.70. The Morgan fingerprint density at radius 3 is 1.49 bits per heavy atom. The van der Waals surface area contributed by atoms with Crippen molar-refractivity contribution in [2.75, 3.05) is 14.7 Å². The molecule has 8 aromatic rings. The van der Waals surface area contributed by atoms with Crippen LogP contribution in [0.2, 0.25) is 0 Å². The van der Waals surface area contributed by atoms with E-state index in [2.05, 4.69) is 256 Å². The van der Waals surface area contributed by atoms with Crippen LogP contribution in [-0.4, -0.2) is 6.71 Å². The monoisotopic (exact) mass is 966 g/mol. The number of nitrogens with zero attached hydrogens (tertiary/aromatic N) is 3. The highest BCUT2D eigenvalue weighted by atomic mass is 15.2. The van der Waals surface area contributed by atoms with Gasteiger partial charge in [0.05, 0.1) is 0 Å². The van der Waals surface area contributed by atoms with Crippen molar-refractivity contribution >= 4 is 74.3 Å². The Morgan fingerprint density at radius 1 is 0.392 bits per heavy atom. The second-order valence-corrected chi connectivity index (χ2v) is 26.1. The summed E-state index contributed by atoms with van der Waals surface area (Å²) in [5.41, 5.74) is 30.5. The standard InChI is InChI=1S/C70H72BN3/c1-43-36-63-65-64(37-43)74(47-27-30-53-54(39-47)67(6,7)33-32-66(53,4)5)62-42-56-55(68(8,9)34-35-69(56,10)11)41-58(62)71(65)57-31-28-48(72(59-24-18-14-20-44(59)2)60-25-19-15-21-45(60)3)40-61(57)73(63)46-26-29-52-50(38-46)49-22-16-17-23-51(49)70(52,12)13/h14-31,36-42H,32-35H2,1-13H3. The van der Waals surface area contributed by atoms with E-state index in [-0.39, 0.29) is 33.8 Å². The zero-order chi connectivity index (χ0) is 51.6. The first-order valence-electron chi connectivity index (χ1n) is 27.5. The van der Waals surface area contributed by atoms with Crippen LogP contribution < -0.4 is 31.1 Å². The Labute approximate surface area is 442 Å². The summed E-state index contributed by atoms with van der Waals surface area (Å²) in [6, 6.07) is 59.5. The smallest absolute Gasteiger partial charge is 0.252 e. The van der Waals surface area contributed by atoms with E-state index in [4.69, 9.17) is 0 Å². The van der Waals surface area contributed by atoms with Crippen LogP contribution in [-0.2, 0) is 27.1 Å². The van der Waals surface area contributed by atoms with E-state index in [9.17, 15) is 0 Å². The fraction of sp³-hybridized carbons (Fsp3) is 0.314. The van der Waals surface area contributed by atoms with E-state index in [0.717, 1.165) is 12.1 Å². The average Bonchev–Trinajstić information content (AvgIpc) is 3.60. The van der Waals surface area contributed by atoms with Gasteiger partial charge in [0.15, 0.2) is 0 Å². The summed E-state index contributed by atoms with van der Waals surface area (Å²) in [5, 5.41) is 0. The number of rotatable bonds is 5. The molecule has 2 heterocycles. The Kier molecular flexibility index (Phi) is 10.1. The highest BCUT2D eigenvalue weighted by molar-refractivity contribution is 7.00. The van der Waals surface area contributed by atoms with Crippen LogP contribution in [0.15, 0.2) is 152 Å². The zero-order valence-corrected chi connectivity index (χ0v) is 46.2. The largest absolute Gasteiger partial charge is 0.311 e. The molecule has 0 aromatic heterocycles. The molecular weight excluding hydrogens is 894 g/mol. The minimum atomic E-state index is -0.100. The molecule has 0 unspecified atom stereocenters. The van der Waals surface area contributed by atoms with Gasteiger partial charge in [-0.25, -0.2) is 0 Å². The number of benzene rings is 8. The molecule has 0 bridgehead atoms. The number of hydrogen-bond donors (Lipinski definition) is 0. The average molecular weight is 966 g/mol. The fourth-order valence-corrected chi connectivity index (χ4v) is 14.5. The molecule has 74 heavy (non-hydrogen) atoms. The van der Waals surface area contributed by atoms with Gasteiger partial charge >= 0.3 is 0 Å². The van der Waals surface area contributed by atoms with Crippen molar-refractivity contribution in [3.8, 4) is 11.1 Å². The molecule has 2 aliphatic heterocycles. The van der Waals surface area contributed by atoms with Gasteiger partial charge in [-0.2, -0.15) is 0 Å². The van der Waals surface area contributed by atoms with Gasteiger partial charge in [-0.15, -0.1) is 0 Å². The summed E-state index contributed by atoms with van der Waals surface area (Å²) < 4.78 is 0. The summed E-state index contributed by atoms with van der Waals surface area (Å²) in [7, 11) is 0. The number of aryl methyl sites for hydroxylation is 3. The molecule has 5 aliphatic rings. The SMILES string of the molecule is Cc1cc2c3c(c1)N(c1ccc4c(c1)C(C)(C)CCC4(C)C)c1cc4c(cc1B3c1ccc(N(c3ccccc3C)c3ccccc3C)cc1N2c1ccc2c(c1)-c1ccccc1C2(C)C)C(C)(C)CCC4(C)C. The van der Waals surface area contributed by atoms with Crippen molar-refractivity contribution in [2.45, 2.75) is 143 Å². The second kappa shape index (κ2) is 15.9. The fourth-order valence-electron chi connectivity index (χ4n) is 14.5. The molecule has 0 saturated heterocycles. The van der Waals surface area contributed by atoms with Crippen molar-refractivity contribution in [3.63, 3.8) is 0 Å². The molecule has 13 rings (SSSR count). The zero-order valence-electron chi connectivity index (χ0n) is 46.2. The normalized spacial score (nSPS) is 18.3. The molecule has 0 atom stereocenters. The Balaban J connectivity index is 1.13. The van der Waals surface area contributed by atoms with E-state index < -0.39 is 0 Å². The summed E-state index contributed by atoms with van der Waals surface area (Å²) in [6.45, 7) is 31.4. The maximum Gasteiger partial charge on any atom is 0.252 e. The molecule has 370 valence electrons. The molecule has 0 radical (unpaired) electrons. The van der Waals surface area contributed by atoms with E-state index >= 15 is 0 Å². The van der Waals surface area contributed by atoms with Crippen molar-refractivity contribution in [1.29, 1.82) is 0 Å². The third-order valence-electron chi connectivity index (χ3n) is 19.1. The van der Waals surface area contributed by atoms with Gasteiger partial charge in [-0.05, 0) is 212 Å². The number of fused-ring (bicyclic) bond motifs is 9. The maximum absolute atomic E-state index is 2.70. The minimum absolute atomic E-state index is 0.00857. The molecule has 4 heteroatoms. The minimum Gasteiger partial charge on any atom is -0.311 e. The lowest BCUT2D eigenvalue weighted by molar-refractivity contribution is 0.332. The molecule has 8 aromatic carbocycles. The third-order valence-corrected chi connectivity index (χ3v) is 19.1. The van der Waals surface area contributed by atoms with Gasteiger partial charge in [0, 0.05) is 56.6 Å². The topological polar surface area (TPSA) is 9.72 Å². The van der Waals surface area contributed by atoms with E-state index in [1.165, 1.54) is 142 Å².